The zero-order valence-electron chi connectivity index (χ0n) is 14.5. The molecule has 4 heteroatoms. The van der Waals surface area contributed by atoms with Crippen LogP contribution in [-0.2, 0) is 13.0 Å². The van der Waals surface area contributed by atoms with Gasteiger partial charge in [-0.15, -0.1) is 0 Å². The van der Waals surface area contributed by atoms with Gasteiger partial charge in [-0.2, -0.15) is 0 Å². The molecule has 3 rings (SSSR count). The molecule has 0 radical (unpaired) electrons. The topological polar surface area (TPSA) is 28.6 Å². The van der Waals surface area contributed by atoms with Gasteiger partial charge in [-0.25, -0.2) is 0 Å². The number of aryl methyl sites for hydroxylation is 1. The summed E-state index contributed by atoms with van der Waals surface area (Å²) in [5.74, 6) is 1.000. The standard InChI is InChI=1S/C20H27N3O/c1-22-12-14-23(15-13-22)11-5-8-19-7-2-3-9-20(19)24-17-18-6-4-10-21-16-18/h2-4,6-7,9-10,16H,5,8,11-15,17H2,1H3. The summed E-state index contributed by atoms with van der Waals surface area (Å²) in [7, 11) is 2.20. The molecule has 0 atom stereocenters. The van der Waals surface area contributed by atoms with E-state index in [1.54, 1.807) is 6.20 Å². The Morgan fingerprint density at radius 1 is 1.04 bits per heavy atom. The van der Waals surface area contributed by atoms with Crippen LogP contribution in [0.15, 0.2) is 48.8 Å². The number of nitrogens with zero attached hydrogens (tertiary/aromatic N) is 3. The van der Waals surface area contributed by atoms with E-state index in [0.717, 1.165) is 17.7 Å². The summed E-state index contributed by atoms with van der Waals surface area (Å²) < 4.78 is 6.02. The van der Waals surface area contributed by atoms with Crippen molar-refractivity contribution in [1.29, 1.82) is 0 Å². The maximum absolute atomic E-state index is 6.02. The Balaban J connectivity index is 1.48. The van der Waals surface area contributed by atoms with Crippen LogP contribution in [0.2, 0.25) is 0 Å². The largest absolute Gasteiger partial charge is 0.489 e. The van der Waals surface area contributed by atoms with Crippen LogP contribution in [0.1, 0.15) is 17.5 Å². The summed E-state index contributed by atoms with van der Waals surface area (Å²) in [4.78, 5) is 9.11. The number of likely N-dealkylation sites (N-methyl/N-ethyl adjacent to an activating group) is 1. The highest BCUT2D eigenvalue weighted by molar-refractivity contribution is 5.33. The van der Waals surface area contributed by atoms with E-state index in [-0.39, 0.29) is 0 Å². The highest BCUT2D eigenvalue weighted by Crippen LogP contribution is 2.21. The summed E-state index contributed by atoms with van der Waals surface area (Å²) in [6.07, 6.45) is 5.89. The fourth-order valence-corrected chi connectivity index (χ4v) is 3.06. The van der Waals surface area contributed by atoms with E-state index >= 15 is 0 Å². The third-order valence-electron chi connectivity index (χ3n) is 4.61. The average Bonchev–Trinajstić information content (AvgIpc) is 2.63. The van der Waals surface area contributed by atoms with E-state index in [0.29, 0.717) is 6.61 Å². The molecule has 0 saturated carbocycles. The molecule has 0 N–H and O–H groups in total. The van der Waals surface area contributed by atoms with Crippen LogP contribution in [-0.4, -0.2) is 54.6 Å². The fraction of sp³-hybridized carbons (Fsp3) is 0.450. The van der Waals surface area contributed by atoms with E-state index in [1.807, 2.05) is 24.4 Å². The van der Waals surface area contributed by atoms with Crippen molar-refractivity contribution in [3.05, 3.63) is 59.9 Å². The van der Waals surface area contributed by atoms with E-state index in [2.05, 4.69) is 40.0 Å². The Labute approximate surface area is 145 Å². The van der Waals surface area contributed by atoms with Gasteiger partial charge < -0.3 is 14.5 Å². The lowest BCUT2D eigenvalue weighted by molar-refractivity contribution is 0.153. The van der Waals surface area contributed by atoms with Gasteiger partial charge in [-0.05, 0) is 44.1 Å². The zero-order chi connectivity index (χ0) is 16.6. The molecular formula is C20H27N3O. The smallest absolute Gasteiger partial charge is 0.122 e. The molecule has 1 aliphatic heterocycles. The third kappa shape index (κ3) is 5.05. The molecule has 0 spiro atoms. The first-order valence-corrected chi connectivity index (χ1v) is 8.82. The van der Waals surface area contributed by atoms with Gasteiger partial charge in [0.05, 0.1) is 0 Å². The van der Waals surface area contributed by atoms with Gasteiger partial charge in [0.1, 0.15) is 12.4 Å². The van der Waals surface area contributed by atoms with E-state index < -0.39 is 0 Å². The lowest BCUT2D eigenvalue weighted by atomic mass is 10.1. The number of rotatable bonds is 7. The second kappa shape index (κ2) is 8.81. The molecule has 0 aliphatic carbocycles. The third-order valence-corrected chi connectivity index (χ3v) is 4.61. The minimum absolute atomic E-state index is 0.573. The molecule has 24 heavy (non-hydrogen) atoms. The first-order valence-electron chi connectivity index (χ1n) is 8.82. The minimum atomic E-state index is 0.573. The SMILES string of the molecule is CN1CCN(CCCc2ccccc2OCc2cccnc2)CC1. The fourth-order valence-electron chi connectivity index (χ4n) is 3.06. The number of hydrogen-bond donors (Lipinski definition) is 0. The van der Waals surface area contributed by atoms with Crippen molar-refractivity contribution in [2.24, 2.45) is 0 Å². The van der Waals surface area contributed by atoms with E-state index in [4.69, 9.17) is 4.74 Å². The summed E-state index contributed by atoms with van der Waals surface area (Å²) >= 11 is 0. The predicted molar refractivity (Wildman–Crippen MR) is 97.3 cm³/mol. The molecule has 128 valence electrons. The molecule has 2 aromatic rings. The van der Waals surface area contributed by atoms with Crippen molar-refractivity contribution in [3.8, 4) is 5.75 Å². The van der Waals surface area contributed by atoms with Gasteiger partial charge in [0.2, 0.25) is 0 Å². The van der Waals surface area contributed by atoms with Crippen molar-refractivity contribution >= 4 is 0 Å². The number of aromatic nitrogens is 1. The van der Waals surface area contributed by atoms with Gasteiger partial charge in [-0.1, -0.05) is 24.3 Å². The van der Waals surface area contributed by atoms with Gasteiger partial charge >= 0.3 is 0 Å². The highest BCUT2D eigenvalue weighted by atomic mass is 16.5. The molecule has 1 fully saturated rings. The van der Waals surface area contributed by atoms with Crippen molar-refractivity contribution < 1.29 is 4.74 Å². The van der Waals surface area contributed by atoms with Crippen LogP contribution in [0, 0.1) is 0 Å². The van der Waals surface area contributed by atoms with Crippen molar-refractivity contribution in [3.63, 3.8) is 0 Å². The number of para-hydroxylation sites is 1. The van der Waals surface area contributed by atoms with Gasteiger partial charge in [0.15, 0.2) is 0 Å². The summed E-state index contributed by atoms with van der Waals surface area (Å²) in [6, 6.07) is 12.4. The monoisotopic (exact) mass is 325 g/mol. The van der Waals surface area contributed by atoms with Gasteiger partial charge in [0, 0.05) is 44.1 Å². The lowest BCUT2D eigenvalue weighted by Gasteiger charge is -2.32. The van der Waals surface area contributed by atoms with Crippen LogP contribution in [0.25, 0.3) is 0 Å². The number of ether oxygens (including phenoxy) is 1. The molecule has 0 amide bonds. The Bertz CT molecular complexity index is 609. The first kappa shape index (κ1) is 16.9. The van der Waals surface area contributed by atoms with Gasteiger partial charge in [-0.3, -0.25) is 4.98 Å². The summed E-state index contributed by atoms with van der Waals surface area (Å²) in [5, 5.41) is 0. The highest BCUT2D eigenvalue weighted by Gasteiger charge is 2.13. The Hall–Kier alpha value is -1.91. The first-order chi connectivity index (χ1) is 11.8. The molecular weight excluding hydrogens is 298 g/mol. The lowest BCUT2D eigenvalue weighted by Crippen LogP contribution is -2.44. The maximum Gasteiger partial charge on any atom is 0.122 e. The number of benzene rings is 1. The van der Waals surface area contributed by atoms with Crippen LogP contribution >= 0.6 is 0 Å². The Morgan fingerprint density at radius 2 is 1.88 bits per heavy atom. The summed E-state index contributed by atoms with van der Waals surface area (Å²) in [6.45, 7) is 6.50. The van der Waals surface area contributed by atoms with Gasteiger partial charge in [0.25, 0.3) is 0 Å². The molecule has 4 nitrogen and oxygen atoms in total. The van der Waals surface area contributed by atoms with Crippen molar-refractivity contribution in [1.82, 2.24) is 14.8 Å². The van der Waals surface area contributed by atoms with Crippen LogP contribution < -0.4 is 4.74 Å². The molecule has 1 aromatic carbocycles. The predicted octanol–water partition coefficient (Wildman–Crippen LogP) is 2.84. The Morgan fingerprint density at radius 3 is 2.67 bits per heavy atom. The quantitative estimate of drug-likeness (QED) is 0.783. The molecule has 0 bridgehead atoms. The van der Waals surface area contributed by atoms with Crippen molar-refractivity contribution in [2.75, 3.05) is 39.8 Å². The molecule has 0 unspecified atom stereocenters. The normalized spacial score (nSPS) is 16.2. The zero-order valence-corrected chi connectivity index (χ0v) is 14.5. The molecule has 2 heterocycles. The summed E-state index contributed by atoms with van der Waals surface area (Å²) in [5.41, 5.74) is 2.40. The molecule has 1 aliphatic rings. The molecule has 1 saturated heterocycles. The Kier molecular flexibility index (Phi) is 6.21. The maximum atomic E-state index is 6.02. The van der Waals surface area contributed by atoms with Crippen LogP contribution in [0.5, 0.6) is 5.75 Å². The second-order valence-electron chi connectivity index (χ2n) is 6.51. The average molecular weight is 325 g/mol. The number of pyridine rings is 1. The van der Waals surface area contributed by atoms with Crippen LogP contribution in [0.4, 0.5) is 0 Å². The number of piperazine rings is 1. The molecule has 1 aromatic heterocycles. The van der Waals surface area contributed by atoms with Crippen molar-refractivity contribution in [2.45, 2.75) is 19.4 Å². The van der Waals surface area contributed by atoms with E-state index in [9.17, 15) is 0 Å². The minimum Gasteiger partial charge on any atom is -0.489 e. The van der Waals surface area contributed by atoms with E-state index in [1.165, 1.54) is 44.7 Å². The number of hydrogen-bond acceptors (Lipinski definition) is 4. The second-order valence-corrected chi connectivity index (χ2v) is 6.51. The van der Waals surface area contributed by atoms with Crippen LogP contribution in [0.3, 0.4) is 0 Å².